The molecule has 1 saturated heterocycles. The molecule has 0 spiro atoms. The molecule has 1 amide bonds. The van der Waals surface area contributed by atoms with E-state index in [-0.39, 0.29) is 30.9 Å². The van der Waals surface area contributed by atoms with Gasteiger partial charge >= 0.3 is 6.18 Å². The van der Waals surface area contributed by atoms with Crippen molar-refractivity contribution in [3.63, 3.8) is 0 Å². The average Bonchev–Trinajstić information content (AvgIpc) is 3.15. The van der Waals surface area contributed by atoms with Crippen LogP contribution < -0.4 is 15.6 Å². The Bertz CT molecular complexity index is 1060. The molecule has 1 atom stereocenters. The summed E-state index contributed by atoms with van der Waals surface area (Å²) in [5.74, 6) is -0.0435. The minimum atomic E-state index is -4.46. The molecule has 3 N–H and O–H groups in total. The van der Waals surface area contributed by atoms with E-state index in [0.29, 0.717) is 29.7 Å². The van der Waals surface area contributed by atoms with Crippen molar-refractivity contribution in [2.24, 2.45) is 5.41 Å². The first-order valence-electron chi connectivity index (χ1n) is 10.1. The van der Waals surface area contributed by atoms with Crippen molar-refractivity contribution >= 4 is 11.5 Å². The van der Waals surface area contributed by atoms with Crippen molar-refractivity contribution in [2.45, 2.75) is 38.9 Å². The summed E-state index contributed by atoms with van der Waals surface area (Å²) >= 11 is 0. The zero-order chi connectivity index (χ0) is 23.5. The number of nitrogens with one attached hydrogen (secondary N) is 2. The molecule has 9 heteroatoms. The number of carbonyl (C=O) groups is 1. The normalized spacial score (nSPS) is 17.4. The maximum absolute atomic E-state index is 13.0. The third-order valence-corrected chi connectivity index (χ3v) is 5.13. The number of aromatic amines is 1. The Kier molecular flexibility index (Phi) is 6.78. The molecule has 1 aromatic heterocycles. The molecule has 1 aliphatic rings. The minimum absolute atomic E-state index is 0.0659. The fourth-order valence-electron chi connectivity index (χ4n) is 3.19. The Morgan fingerprint density at radius 2 is 1.84 bits per heavy atom. The molecular weight excluding hydrogens is 425 g/mol. The second kappa shape index (κ2) is 9.20. The highest BCUT2D eigenvalue weighted by molar-refractivity contribution is 5.82. The van der Waals surface area contributed by atoms with Gasteiger partial charge in [0.25, 0.3) is 5.56 Å². The number of halogens is 3. The first-order chi connectivity index (χ1) is 15.0. The van der Waals surface area contributed by atoms with Crippen molar-refractivity contribution in [2.75, 3.05) is 13.2 Å². The second-order valence-electron chi connectivity index (χ2n) is 8.54. The molecule has 0 saturated carbocycles. The topological polar surface area (TPSA) is 91.4 Å². The number of carbonyl (C=O) groups excluding carboxylic acids is 1. The molecule has 1 aromatic carbocycles. The highest BCUT2D eigenvalue weighted by Gasteiger charge is 2.30. The fourth-order valence-corrected chi connectivity index (χ4v) is 3.19. The van der Waals surface area contributed by atoms with Gasteiger partial charge in [-0.05, 0) is 36.2 Å². The summed E-state index contributed by atoms with van der Waals surface area (Å²) in [5.41, 5.74) is -0.486. The molecule has 0 aliphatic carbocycles. The monoisotopic (exact) mass is 450 g/mol. The predicted octanol–water partition coefficient (Wildman–Crippen LogP) is 3.50. The number of aliphatic hydroxyl groups is 1. The van der Waals surface area contributed by atoms with Crippen LogP contribution in [0.5, 0.6) is 5.75 Å². The molecule has 0 bridgehead atoms. The largest absolute Gasteiger partial charge is 0.487 e. The average molecular weight is 450 g/mol. The molecule has 32 heavy (non-hydrogen) atoms. The summed E-state index contributed by atoms with van der Waals surface area (Å²) in [7, 11) is 0. The number of hydrogen-bond donors (Lipinski definition) is 3. The van der Waals surface area contributed by atoms with Gasteiger partial charge in [0.05, 0.1) is 18.8 Å². The van der Waals surface area contributed by atoms with Crippen LogP contribution in [0.25, 0.3) is 5.57 Å². The van der Waals surface area contributed by atoms with Crippen LogP contribution in [0.2, 0.25) is 0 Å². The molecule has 1 aliphatic heterocycles. The second-order valence-corrected chi connectivity index (χ2v) is 8.54. The zero-order valence-corrected chi connectivity index (χ0v) is 17.8. The highest BCUT2D eigenvalue weighted by Crippen LogP contribution is 2.31. The van der Waals surface area contributed by atoms with Gasteiger partial charge in [0, 0.05) is 29.1 Å². The molecule has 6 nitrogen and oxygen atoms in total. The van der Waals surface area contributed by atoms with Crippen molar-refractivity contribution in [1.82, 2.24) is 10.3 Å². The summed E-state index contributed by atoms with van der Waals surface area (Å²) in [4.78, 5) is 26.9. The fraction of sp³-hybridized carbons (Fsp3) is 0.391. The molecule has 172 valence electrons. The van der Waals surface area contributed by atoms with Crippen LogP contribution in [0.4, 0.5) is 13.2 Å². The van der Waals surface area contributed by atoms with Gasteiger partial charge in [-0.15, -0.1) is 0 Å². The maximum atomic E-state index is 13.0. The van der Waals surface area contributed by atoms with E-state index < -0.39 is 22.7 Å². The van der Waals surface area contributed by atoms with Crippen LogP contribution in [0.3, 0.4) is 0 Å². The molecule has 2 aromatic rings. The number of aliphatic hydroxyl groups excluding tert-OH is 1. The Balaban J connectivity index is 1.95. The number of H-pyrrole nitrogens is 1. The Morgan fingerprint density at radius 3 is 2.38 bits per heavy atom. The van der Waals surface area contributed by atoms with Gasteiger partial charge in [-0.2, -0.15) is 13.2 Å². The first kappa shape index (κ1) is 23.6. The van der Waals surface area contributed by atoms with E-state index in [2.05, 4.69) is 10.3 Å². The van der Waals surface area contributed by atoms with Crippen molar-refractivity contribution in [3.05, 3.63) is 69.6 Å². The lowest BCUT2D eigenvalue weighted by Crippen LogP contribution is -2.27. The molecule has 1 fully saturated rings. The third kappa shape index (κ3) is 5.79. The number of rotatable bonds is 7. The van der Waals surface area contributed by atoms with Gasteiger partial charge in [0.1, 0.15) is 0 Å². The lowest BCUT2D eigenvalue weighted by atomic mass is 9.96. The summed E-state index contributed by atoms with van der Waals surface area (Å²) in [6.07, 6.45) is -1.83. The quantitative estimate of drug-likeness (QED) is 0.602. The van der Waals surface area contributed by atoms with Crippen molar-refractivity contribution in [1.29, 1.82) is 0 Å². The van der Waals surface area contributed by atoms with Crippen LogP contribution >= 0.6 is 0 Å². The van der Waals surface area contributed by atoms with Crippen LogP contribution in [0, 0.1) is 5.41 Å². The molecule has 3 rings (SSSR count). The van der Waals surface area contributed by atoms with E-state index in [1.54, 1.807) is 26.0 Å². The van der Waals surface area contributed by atoms with Crippen molar-refractivity contribution in [3.8, 4) is 5.75 Å². The Morgan fingerprint density at radius 1 is 1.16 bits per heavy atom. The van der Waals surface area contributed by atoms with Crippen LogP contribution in [-0.4, -0.2) is 35.3 Å². The lowest BCUT2D eigenvalue weighted by molar-refractivity contribution is -0.137. The summed E-state index contributed by atoms with van der Waals surface area (Å²) in [6, 6.07) is 7.39. The van der Waals surface area contributed by atoms with Gasteiger partial charge in [0.15, 0.2) is 5.75 Å². The number of alkyl halides is 3. The van der Waals surface area contributed by atoms with Gasteiger partial charge in [-0.1, -0.05) is 32.1 Å². The molecule has 0 unspecified atom stereocenters. The number of aromatic nitrogens is 1. The molecule has 0 radical (unpaired) electrons. The van der Waals surface area contributed by atoms with Gasteiger partial charge in [-0.3, -0.25) is 9.59 Å². The van der Waals surface area contributed by atoms with Crippen LogP contribution in [0.15, 0.2) is 47.3 Å². The first-order valence-corrected chi connectivity index (χ1v) is 10.1. The number of hydrogen-bond acceptors (Lipinski definition) is 4. The molecule has 2 heterocycles. The van der Waals surface area contributed by atoms with E-state index in [1.807, 2.05) is 0 Å². The number of pyridine rings is 1. The Hall–Kier alpha value is -3.07. The minimum Gasteiger partial charge on any atom is -0.487 e. The molecular formula is C23H25F3N2O4. The smallest absolute Gasteiger partial charge is 0.416 e. The standard InChI is InChI=1S/C23H25F3N2O4/c1-22(2,12-29)13-32-19-9-8-18(28-21(19)31)17(11-16-7-10-20(30)27-16)14-3-5-15(6-4-14)23(24,25)26/h3-6,8-9,11,16,29H,7,10,12-13H2,1-2H3,(H,27,30)(H,28,31)/t16-/m1/s1. The third-order valence-electron chi connectivity index (χ3n) is 5.13. The highest BCUT2D eigenvalue weighted by atomic mass is 19.4. The zero-order valence-electron chi connectivity index (χ0n) is 17.8. The van der Waals surface area contributed by atoms with E-state index in [1.165, 1.54) is 18.2 Å². The SMILES string of the molecule is CC(C)(CO)COc1ccc(C(=C[C@H]2CCC(=O)N2)c2ccc(C(F)(F)F)cc2)[nH]c1=O. The Labute approximate surface area is 183 Å². The van der Waals surface area contributed by atoms with E-state index in [0.717, 1.165) is 12.1 Å². The van der Waals surface area contributed by atoms with Crippen molar-refractivity contribution < 1.29 is 27.8 Å². The number of amides is 1. The number of benzene rings is 1. The van der Waals surface area contributed by atoms with Crippen LogP contribution in [0.1, 0.15) is 43.5 Å². The van der Waals surface area contributed by atoms with Gasteiger partial charge in [0.2, 0.25) is 5.91 Å². The van der Waals surface area contributed by atoms with E-state index in [4.69, 9.17) is 4.74 Å². The number of ether oxygens (including phenoxy) is 1. The van der Waals surface area contributed by atoms with Gasteiger partial charge < -0.3 is 20.1 Å². The predicted molar refractivity (Wildman–Crippen MR) is 113 cm³/mol. The van der Waals surface area contributed by atoms with Crippen LogP contribution in [-0.2, 0) is 11.0 Å². The van der Waals surface area contributed by atoms with E-state index in [9.17, 15) is 27.9 Å². The summed E-state index contributed by atoms with van der Waals surface area (Å²) in [6.45, 7) is 3.59. The van der Waals surface area contributed by atoms with E-state index >= 15 is 0 Å². The summed E-state index contributed by atoms with van der Waals surface area (Å²) < 4.78 is 44.4. The summed E-state index contributed by atoms with van der Waals surface area (Å²) in [5, 5.41) is 12.1. The maximum Gasteiger partial charge on any atom is 0.416 e. The van der Waals surface area contributed by atoms with Gasteiger partial charge in [-0.25, -0.2) is 0 Å². The lowest BCUT2D eigenvalue weighted by Gasteiger charge is -2.21.